The molecule has 1 aromatic carbocycles. The second kappa shape index (κ2) is 6.14. The molecule has 3 nitrogen and oxygen atoms in total. The number of nitrogens with zero attached hydrogens (tertiary/aromatic N) is 2. The van der Waals surface area contributed by atoms with E-state index in [0.717, 1.165) is 13.8 Å². The van der Waals surface area contributed by atoms with Gasteiger partial charge in [-0.3, -0.25) is 0 Å². The molecule has 1 N–H and O–H groups in total. The molecule has 0 saturated heterocycles. The van der Waals surface area contributed by atoms with Crippen molar-refractivity contribution < 1.29 is 0 Å². The van der Waals surface area contributed by atoms with E-state index >= 15 is 0 Å². The van der Waals surface area contributed by atoms with Gasteiger partial charge in [0, 0.05) is 15.4 Å². The highest BCUT2D eigenvalue weighted by Gasteiger charge is 2.09. The zero-order valence-corrected chi connectivity index (χ0v) is 13.6. The van der Waals surface area contributed by atoms with Crippen molar-refractivity contribution in [2.45, 2.75) is 29.1 Å². The third-order valence-corrected chi connectivity index (χ3v) is 5.15. The normalized spacial score (nSPS) is 12.7. The van der Waals surface area contributed by atoms with Crippen LogP contribution in [-0.4, -0.2) is 17.2 Å². The van der Waals surface area contributed by atoms with Gasteiger partial charge in [0.2, 0.25) is 0 Å². The highest BCUT2D eigenvalue weighted by atomic mass is 79.9. The molecule has 0 radical (unpaired) electrons. The summed E-state index contributed by atoms with van der Waals surface area (Å²) in [4.78, 5) is 1.17. The summed E-state index contributed by atoms with van der Waals surface area (Å²) in [5, 5.41) is 12.4. The van der Waals surface area contributed by atoms with E-state index in [0.29, 0.717) is 6.04 Å². The number of hydrogen-bond donors (Lipinski definition) is 1. The van der Waals surface area contributed by atoms with Gasteiger partial charge >= 0.3 is 0 Å². The van der Waals surface area contributed by atoms with Crippen molar-refractivity contribution in [1.29, 1.82) is 0 Å². The second-order valence-corrected chi connectivity index (χ2v) is 7.24. The lowest BCUT2D eigenvalue weighted by Crippen LogP contribution is -2.12. The van der Waals surface area contributed by atoms with Crippen LogP contribution < -0.4 is 5.32 Å². The smallest absolute Gasteiger partial charge is 0.179 e. The molecule has 0 saturated carbocycles. The summed E-state index contributed by atoms with van der Waals surface area (Å²) in [6.07, 6.45) is 0. The van der Waals surface area contributed by atoms with Gasteiger partial charge in [-0.25, -0.2) is 0 Å². The number of nitrogens with one attached hydrogen (secondary N) is 1. The second-order valence-electron chi connectivity index (χ2n) is 3.88. The average Bonchev–Trinajstić information content (AvgIpc) is 2.74. The van der Waals surface area contributed by atoms with Crippen LogP contribution in [0.25, 0.3) is 0 Å². The van der Waals surface area contributed by atoms with Crippen LogP contribution in [0.15, 0.2) is 31.9 Å². The fourth-order valence-electron chi connectivity index (χ4n) is 1.50. The summed E-state index contributed by atoms with van der Waals surface area (Å²) in [5.74, 6) is 0. The van der Waals surface area contributed by atoms with Crippen molar-refractivity contribution >= 4 is 39.0 Å². The first-order valence-corrected chi connectivity index (χ1v) is 7.97. The number of aryl methyl sites for hydroxylation is 1. The van der Waals surface area contributed by atoms with Gasteiger partial charge in [0.05, 0.1) is 0 Å². The third kappa shape index (κ3) is 3.32. The SMILES string of the molecule is CNC(C)c1ccc(Sc2nnc(C)s2)cc1Br. The van der Waals surface area contributed by atoms with Gasteiger partial charge in [-0.15, -0.1) is 10.2 Å². The minimum atomic E-state index is 0.335. The first-order valence-electron chi connectivity index (χ1n) is 5.55. The van der Waals surface area contributed by atoms with Gasteiger partial charge in [0.15, 0.2) is 4.34 Å². The zero-order valence-electron chi connectivity index (χ0n) is 10.4. The van der Waals surface area contributed by atoms with Gasteiger partial charge in [0.25, 0.3) is 0 Å². The predicted molar refractivity (Wildman–Crippen MR) is 80.4 cm³/mol. The molecule has 18 heavy (non-hydrogen) atoms. The maximum atomic E-state index is 4.12. The monoisotopic (exact) mass is 343 g/mol. The van der Waals surface area contributed by atoms with Crippen LogP contribution in [0.5, 0.6) is 0 Å². The third-order valence-electron chi connectivity index (χ3n) is 2.58. The molecular formula is C12H14BrN3S2. The van der Waals surface area contributed by atoms with Crippen LogP contribution in [0.1, 0.15) is 23.5 Å². The largest absolute Gasteiger partial charge is 0.313 e. The van der Waals surface area contributed by atoms with Crippen molar-refractivity contribution in [3.8, 4) is 0 Å². The summed E-state index contributed by atoms with van der Waals surface area (Å²) in [5.41, 5.74) is 1.26. The lowest BCUT2D eigenvalue weighted by molar-refractivity contribution is 0.649. The average molecular weight is 344 g/mol. The molecule has 1 unspecified atom stereocenters. The first kappa shape index (κ1) is 14.0. The van der Waals surface area contributed by atoms with E-state index in [1.54, 1.807) is 23.1 Å². The number of benzene rings is 1. The van der Waals surface area contributed by atoms with Crippen molar-refractivity contribution in [3.63, 3.8) is 0 Å². The molecule has 2 rings (SSSR count). The molecule has 6 heteroatoms. The standard InChI is InChI=1S/C12H14BrN3S2/c1-7(14-3)10-5-4-9(6-11(10)13)18-12-16-15-8(2)17-12/h4-7,14H,1-3H3. The van der Waals surface area contributed by atoms with E-state index in [4.69, 9.17) is 0 Å². The molecular weight excluding hydrogens is 330 g/mol. The Morgan fingerprint density at radius 3 is 2.72 bits per heavy atom. The zero-order chi connectivity index (χ0) is 13.1. The van der Waals surface area contributed by atoms with Gasteiger partial charge < -0.3 is 5.32 Å². The fourth-order valence-corrected chi connectivity index (χ4v) is 4.20. The van der Waals surface area contributed by atoms with Crippen LogP contribution in [0.3, 0.4) is 0 Å². The molecule has 96 valence electrons. The summed E-state index contributed by atoms with van der Waals surface area (Å²) in [7, 11) is 1.96. The Hall–Kier alpha value is -0.430. The molecule has 0 fully saturated rings. The summed E-state index contributed by atoms with van der Waals surface area (Å²) >= 11 is 6.88. The van der Waals surface area contributed by atoms with E-state index in [1.165, 1.54) is 10.5 Å². The van der Waals surface area contributed by atoms with Crippen LogP contribution in [0.4, 0.5) is 0 Å². The fraction of sp³-hybridized carbons (Fsp3) is 0.333. The maximum Gasteiger partial charge on any atom is 0.179 e. The maximum absolute atomic E-state index is 4.12. The van der Waals surface area contributed by atoms with Gasteiger partial charge in [-0.1, -0.05) is 45.1 Å². The van der Waals surface area contributed by atoms with Crippen LogP contribution in [0.2, 0.25) is 0 Å². The van der Waals surface area contributed by atoms with E-state index in [1.807, 2.05) is 14.0 Å². The van der Waals surface area contributed by atoms with E-state index < -0.39 is 0 Å². The summed E-state index contributed by atoms with van der Waals surface area (Å²) < 4.78 is 2.10. The Morgan fingerprint density at radius 2 is 2.17 bits per heavy atom. The number of halogens is 1. The molecule has 2 aromatic rings. The summed E-state index contributed by atoms with van der Waals surface area (Å²) in [6.45, 7) is 4.11. The van der Waals surface area contributed by atoms with Gasteiger partial charge in [0.1, 0.15) is 5.01 Å². The molecule has 0 aliphatic rings. The molecule has 1 aromatic heterocycles. The Balaban J connectivity index is 2.18. The van der Waals surface area contributed by atoms with Crippen molar-refractivity contribution in [3.05, 3.63) is 33.2 Å². The van der Waals surface area contributed by atoms with Crippen LogP contribution in [-0.2, 0) is 0 Å². The minimum absolute atomic E-state index is 0.335. The molecule has 0 aliphatic carbocycles. The lowest BCUT2D eigenvalue weighted by atomic mass is 10.1. The van der Waals surface area contributed by atoms with Crippen LogP contribution >= 0.6 is 39.0 Å². The Bertz CT molecular complexity index is 542. The lowest BCUT2D eigenvalue weighted by Gasteiger charge is -2.13. The highest BCUT2D eigenvalue weighted by Crippen LogP contribution is 2.33. The quantitative estimate of drug-likeness (QED) is 0.908. The number of hydrogen-bond acceptors (Lipinski definition) is 5. The molecule has 0 aliphatic heterocycles. The number of aromatic nitrogens is 2. The molecule has 0 spiro atoms. The summed E-state index contributed by atoms with van der Waals surface area (Å²) in [6, 6.07) is 6.73. The minimum Gasteiger partial charge on any atom is -0.313 e. The van der Waals surface area contributed by atoms with Crippen molar-refractivity contribution in [2.24, 2.45) is 0 Å². The van der Waals surface area contributed by atoms with E-state index in [-0.39, 0.29) is 0 Å². The first-order chi connectivity index (χ1) is 8.60. The van der Waals surface area contributed by atoms with E-state index in [2.05, 4.69) is 56.6 Å². The Labute approximate surface area is 124 Å². The van der Waals surface area contributed by atoms with Crippen LogP contribution in [0, 0.1) is 6.92 Å². The molecule has 1 atom stereocenters. The predicted octanol–water partition coefficient (Wildman–Crippen LogP) is 4.04. The topological polar surface area (TPSA) is 37.8 Å². The number of rotatable bonds is 4. The Morgan fingerprint density at radius 1 is 1.39 bits per heavy atom. The molecule has 0 amide bonds. The van der Waals surface area contributed by atoms with Gasteiger partial charge in [-0.2, -0.15) is 0 Å². The van der Waals surface area contributed by atoms with Crippen molar-refractivity contribution in [1.82, 2.24) is 15.5 Å². The van der Waals surface area contributed by atoms with Crippen molar-refractivity contribution in [2.75, 3.05) is 7.05 Å². The Kier molecular flexibility index (Phi) is 4.77. The van der Waals surface area contributed by atoms with E-state index in [9.17, 15) is 0 Å². The molecule has 0 bridgehead atoms. The van der Waals surface area contributed by atoms with Gasteiger partial charge in [-0.05, 0) is 38.6 Å². The highest BCUT2D eigenvalue weighted by molar-refractivity contribution is 9.10. The molecule has 1 heterocycles.